The van der Waals surface area contributed by atoms with Crippen molar-refractivity contribution in [2.45, 2.75) is 6.54 Å². The first-order valence-electron chi connectivity index (χ1n) is 8.97. The number of benzene rings is 2. The van der Waals surface area contributed by atoms with Crippen LogP contribution >= 0.6 is 11.3 Å². The van der Waals surface area contributed by atoms with E-state index in [0.717, 1.165) is 21.5 Å². The van der Waals surface area contributed by atoms with Crippen molar-refractivity contribution >= 4 is 32.6 Å². The molecule has 4 rings (SSSR count). The van der Waals surface area contributed by atoms with Gasteiger partial charge in [-0.05, 0) is 17.7 Å². The summed E-state index contributed by atoms with van der Waals surface area (Å²) in [6.07, 6.45) is 1.66. The molecule has 0 saturated heterocycles. The molecular formula is C21H20N4O3S. The van der Waals surface area contributed by atoms with E-state index in [4.69, 9.17) is 14.5 Å². The lowest BCUT2D eigenvalue weighted by atomic mass is 10.2. The molecule has 0 unspecified atom stereocenters. The summed E-state index contributed by atoms with van der Waals surface area (Å²) in [5.74, 6) is 0.799. The molecule has 2 aromatic carbocycles. The average Bonchev–Trinajstić information content (AvgIpc) is 3.34. The standard InChI is InChI=1S/C21H20N4O3S/c1-24-13-16(19(23-24)28-3)20(26)25(12-14-7-5-4-6-8-14)21-22-17-11-15(27-2)9-10-18(17)29-21/h4-11,13H,12H2,1-3H3. The maximum atomic E-state index is 13.5. The highest BCUT2D eigenvalue weighted by Crippen LogP contribution is 2.33. The first-order chi connectivity index (χ1) is 14.1. The van der Waals surface area contributed by atoms with Crippen molar-refractivity contribution in [3.05, 3.63) is 65.9 Å². The number of aryl methyl sites for hydroxylation is 1. The van der Waals surface area contributed by atoms with Crippen LogP contribution in [0.1, 0.15) is 15.9 Å². The monoisotopic (exact) mass is 408 g/mol. The number of hydrogen-bond acceptors (Lipinski definition) is 6. The Hall–Kier alpha value is -3.39. The van der Waals surface area contributed by atoms with Gasteiger partial charge in [-0.25, -0.2) is 4.98 Å². The molecule has 0 fully saturated rings. The summed E-state index contributed by atoms with van der Waals surface area (Å²) in [5, 5.41) is 4.82. The summed E-state index contributed by atoms with van der Waals surface area (Å²) < 4.78 is 13.1. The van der Waals surface area contributed by atoms with Gasteiger partial charge in [0.15, 0.2) is 5.13 Å². The van der Waals surface area contributed by atoms with Gasteiger partial charge in [-0.15, -0.1) is 5.10 Å². The van der Waals surface area contributed by atoms with Crippen LogP contribution in [0.3, 0.4) is 0 Å². The zero-order valence-electron chi connectivity index (χ0n) is 16.3. The lowest BCUT2D eigenvalue weighted by Crippen LogP contribution is -2.30. The molecule has 2 heterocycles. The van der Waals surface area contributed by atoms with Gasteiger partial charge >= 0.3 is 0 Å². The number of aromatic nitrogens is 3. The molecule has 0 aliphatic carbocycles. The van der Waals surface area contributed by atoms with Crippen LogP contribution in [0, 0.1) is 0 Å². The van der Waals surface area contributed by atoms with Crippen LogP contribution in [0.5, 0.6) is 11.6 Å². The van der Waals surface area contributed by atoms with Gasteiger partial charge in [0.05, 0.1) is 31.0 Å². The van der Waals surface area contributed by atoms with Gasteiger partial charge in [-0.1, -0.05) is 41.7 Å². The second kappa shape index (κ2) is 7.92. The molecule has 0 saturated carbocycles. The highest BCUT2D eigenvalue weighted by atomic mass is 32.1. The Bertz CT molecular complexity index is 1150. The number of amides is 1. The summed E-state index contributed by atoms with van der Waals surface area (Å²) >= 11 is 1.46. The molecule has 0 radical (unpaired) electrons. The van der Waals surface area contributed by atoms with Gasteiger partial charge in [-0.2, -0.15) is 0 Å². The van der Waals surface area contributed by atoms with E-state index in [-0.39, 0.29) is 5.91 Å². The van der Waals surface area contributed by atoms with Crippen molar-refractivity contribution < 1.29 is 14.3 Å². The predicted molar refractivity (Wildman–Crippen MR) is 113 cm³/mol. The average molecular weight is 408 g/mol. The SMILES string of the molecule is COc1ccc2sc(N(Cc3ccccc3)C(=O)c3cn(C)nc3OC)nc2c1. The minimum Gasteiger partial charge on any atom is -0.497 e. The second-order valence-corrected chi connectivity index (χ2v) is 7.44. The third kappa shape index (κ3) is 3.79. The Morgan fingerprint density at radius 3 is 2.66 bits per heavy atom. The van der Waals surface area contributed by atoms with E-state index in [1.165, 1.54) is 18.4 Å². The van der Waals surface area contributed by atoms with Crippen molar-refractivity contribution in [3.63, 3.8) is 0 Å². The number of ether oxygens (including phenoxy) is 2. The smallest absolute Gasteiger partial charge is 0.267 e. The molecular weight excluding hydrogens is 388 g/mol. The normalized spacial score (nSPS) is 10.9. The lowest BCUT2D eigenvalue weighted by molar-refractivity contribution is 0.0982. The van der Waals surface area contributed by atoms with Crippen molar-refractivity contribution in [2.24, 2.45) is 7.05 Å². The zero-order chi connectivity index (χ0) is 20.4. The summed E-state index contributed by atoms with van der Waals surface area (Å²) in [4.78, 5) is 19.8. The maximum Gasteiger partial charge on any atom is 0.267 e. The molecule has 0 bridgehead atoms. The first-order valence-corrected chi connectivity index (χ1v) is 9.78. The van der Waals surface area contributed by atoms with Gasteiger partial charge in [0.2, 0.25) is 5.88 Å². The molecule has 0 aliphatic rings. The third-order valence-electron chi connectivity index (χ3n) is 4.46. The Morgan fingerprint density at radius 2 is 1.93 bits per heavy atom. The molecule has 148 valence electrons. The number of rotatable bonds is 6. The van der Waals surface area contributed by atoms with Gasteiger partial charge < -0.3 is 9.47 Å². The third-order valence-corrected chi connectivity index (χ3v) is 5.52. The highest BCUT2D eigenvalue weighted by Gasteiger charge is 2.26. The number of thiazole rings is 1. The number of fused-ring (bicyclic) bond motifs is 1. The first kappa shape index (κ1) is 18.9. The van der Waals surface area contributed by atoms with E-state index in [0.29, 0.717) is 23.1 Å². The maximum absolute atomic E-state index is 13.5. The number of anilines is 1. The van der Waals surface area contributed by atoms with E-state index < -0.39 is 0 Å². The fraction of sp³-hybridized carbons (Fsp3) is 0.190. The molecule has 29 heavy (non-hydrogen) atoms. The molecule has 0 N–H and O–H groups in total. The lowest BCUT2D eigenvalue weighted by Gasteiger charge is -2.19. The van der Waals surface area contributed by atoms with E-state index in [2.05, 4.69) is 5.10 Å². The van der Waals surface area contributed by atoms with Crippen LogP contribution < -0.4 is 14.4 Å². The van der Waals surface area contributed by atoms with Gasteiger partial charge in [0, 0.05) is 19.3 Å². The Morgan fingerprint density at radius 1 is 1.14 bits per heavy atom. The van der Waals surface area contributed by atoms with Crippen molar-refractivity contribution in [1.29, 1.82) is 0 Å². The van der Waals surface area contributed by atoms with Gasteiger partial charge in [0.1, 0.15) is 11.3 Å². The number of hydrogen-bond donors (Lipinski definition) is 0. The largest absolute Gasteiger partial charge is 0.497 e. The van der Waals surface area contributed by atoms with Gasteiger partial charge in [0.25, 0.3) is 5.91 Å². The van der Waals surface area contributed by atoms with E-state index in [1.54, 1.807) is 29.9 Å². The Balaban J connectivity index is 1.78. The minimum absolute atomic E-state index is 0.218. The number of carbonyl (C=O) groups is 1. The minimum atomic E-state index is -0.218. The van der Waals surface area contributed by atoms with Crippen molar-refractivity contribution in [3.8, 4) is 11.6 Å². The van der Waals surface area contributed by atoms with Crippen LogP contribution in [0.2, 0.25) is 0 Å². The predicted octanol–water partition coefficient (Wildman–Crippen LogP) is 3.89. The molecule has 7 nitrogen and oxygen atoms in total. The van der Waals surface area contributed by atoms with Crippen molar-refractivity contribution in [2.75, 3.05) is 19.1 Å². The number of carbonyl (C=O) groups excluding carboxylic acids is 1. The second-order valence-electron chi connectivity index (χ2n) is 6.43. The molecule has 0 atom stereocenters. The van der Waals surface area contributed by atoms with Crippen LogP contribution in [0.15, 0.2) is 54.7 Å². The molecule has 0 aliphatic heterocycles. The van der Waals surface area contributed by atoms with Crippen LogP contribution in [-0.4, -0.2) is 34.9 Å². The summed E-state index contributed by atoms with van der Waals surface area (Å²) in [5.41, 5.74) is 2.18. The quantitative estimate of drug-likeness (QED) is 0.484. The molecule has 1 amide bonds. The summed E-state index contributed by atoms with van der Waals surface area (Å²) in [7, 11) is 4.88. The summed E-state index contributed by atoms with van der Waals surface area (Å²) in [6.45, 7) is 0.384. The topological polar surface area (TPSA) is 69.5 Å². The van der Waals surface area contributed by atoms with E-state index in [1.807, 2.05) is 48.5 Å². The number of methoxy groups -OCH3 is 2. The highest BCUT2D eigenvalue weighted by molar-refractivity contribution is 7.22. The zero-order valence-corrected chi connectivity index (χ0v) is 17.1. The fourth-order valence-corrected chi connectivity index (χ4v) is 3.98. The fourth-order valence-electron chi connectivity index (χ4n) is 3.04. The summed E-state index contributed by atoms with van der Waals surface area (Å²) in [6, 6.07) is 15.5. The Labute approximate surface area is 172 Å². The van der Waals surface area contributed by atoms with E-state index in [9.17, 15) is 4.79 Å². The van der Waals surface area contributed by atoms with Crippen molar-refractivity contribution in [1.82, 2.24) is 14.8 Å². The molecule has 2 aromatic heterocycles. The van der Waals surface area contributed by atoms with Crippen LogP contribution in [0.4, 0.5) is 5.13 Å². The Kier molecular flexibility index (Phi) is 5.18. The number of nitrogens with zero attached hydrogens (tertiary/aromatic N) is 4. The van der Waals surface area contributed by atoms with Gasteiger partial charge in [-0.3, -0.25) is 14.4 Å². The molecule has 8 heteroatoms. The van der Waals surface area contributed by atoms with E-state index >= 15 is 0 Å². The molecule has 0 spiro atoms. The van der Waals surface area contributed by atoms with Crippen LogP contribution in [-0.2, 0) is 13.6 Å². The molecule has 4 aromatic rings. The van der Waals surface area contributed by atoms with Crippen LogP contribution in [0.25, 0.3) is 10.2 Å².